The van der Waals surface area contributed by atoms with Crippen molar-refractivity contribution in [2.24, 2.45) is 0 Å². The number of hydrogen-bond acceptors (Lipinski definition) is 2. The Morgan fingerprint density at radius 1 is 1.08 bits per heavy atom. The largest absolute Gasteiger partial charge is 0.481 e. The van der Waals surface area contributed by atoms with Crippen LogP contribution in [0.25, 0.3) is 0 Å². The van der Waals surface area contributed by atoms with E-state index in [1.807, 2.05) is 0 Å². The lowest BCUT2D eigenvalue weighted by Gasteiger charge is -1.98. The third-order valence-corrected chi connectivity index (χ3v) is 2.35. The molecule has 0 aliphatic heterocycles. The summed E-state index contributed by atoms with van der Waals surface area (Å²) < 4.78 is 18.6. The van der Waals surface area contributed by atoms with Crippen LogP contribution in [0.5, 0.6) is 0 Å². The Kier molecular flexibility index (Phi) is 7.93. The second-order valence-electron chi connectivity index (χ2n) is 2.94. The van der Waals surface area contributed by atoms with E-state index in [1.165, 1.54) is 0 Å². The van der Waals surface area contributed by atoms with Gasteiger partial charge in [0.05, 0.1) is 0 Å². The third kappa shape index (κ3) is 11.6. The van der Waals surface area contributed by atoms with Gasteiger partial charge in [-0.15, -0.1) is 0 Å². The fourth-order valence-corrected chi connectivity index (χ4v) is 1.48. The summed E-state index contributed by atoms with van der Waals surface area (Å²) in [7, 11) is 0. The molecule has 0 spiro atoms. The standard InChI is InChI=1S/C8H16O4S/c9-8(10)6-4-2-1-3-5-7-13(11)12/h1-7H2,(H,9,10)(H,11,12). The first kappa shape index (κ1) is 12.6. The molecule has 0 aromatic carbocycles. The van der Waals surface area contributed by atoms with Crippen molar-refractivity contribution < 1.29 is 18.7 Å². The van der Waals surface area contributed by atoms with E-state index in [2.05, 4.69) is 0 Å². The van der Waals surface area contributed by atoms with Crippen molar-refractivity contribution in [2.75, 3.05) is 5.75 Å². The maximum Gasteiger partial charge on any atom is 0.303 e. The normalized spacial score (nSPS) is 12.7. The van der Waals surface area contributed by atoms with Crippen LogP contribution >= 0.6 is 0 Å². The molecule has 0 aliphatic rings. The van der Waals surface area contributed by atoms with Gasteiger partial charge >= 0.3 is 5.97 Å². The molecule has 2 N–H and O–H groups in total. The zero-order valence-electron chi connectivity index (χ0n) is 7.57. The second kappa shape index (κ2) is 8.19. The lowest BCUT2D eigenvalue weighted by atomic mass is 10.1. The van der Waals surface area contributed by atoms with Crippen LogP contribution in [-0.2, 0) is 15.9 Å². The average Bonchev–Trinajstić information content (AvgIpc) is 2.01. The van der Waals surface area contributed by atoms with Crippen molar-refractivity contribution in [1.82, 2.24) is 0 Å². The Hall–Kier alpha value is -0.420. The van der Waals surface area contributed by atoms with Gasteiger partial charge in [0.25, 0.3) is 0 Å². The first-order valence-electron chi connectivity index (χ1n) is 4.42. The Bertz CT molecular complexity index is 152. The molecule has 0 fully saturated rings. The van der Waals surface area contributed by atoms with Gasteiger partial charge in [0.2, 0.25) is 0 Å². The highest BCUT2D eigenvalue weighted by atomic mass is 32.2. The number of unbranched alkanes of at least 4 members (excludes halogenated alkanes) is 4. The number of carboxylic acids is 1. The molecule has 0 saturated heterocycles. The van der Waals surface area contributed by atoms with E-state index in [0.29, 0.717) is 12.2 Å². The lowest BCUT2D eigenvalue weighted by molar-refractivity contribution is -0.137. The predicted molar refractivity (Wildman–Crippen MR) is 51.0 cm³/mol. The molecule has 13 heavy (non-hydrogen) atoms. The molecule has 0 aliphatic carbocycles. The van der Waals surface area contributed by atoms with Gasteiger partial charge in [0.15, 0.2) is 11.1 Å². The van der Waals surface area contributed by atoms with Gasteiger partial charge in [-0.1, -0.05) is 19.3 Å². The molecule has 1 unspecified atom stereocenters. The van der Waals surface area contributed by atoms with Crippen LogP contribution in [0.1, 0.15) is 38.5 Å². The highest BCUT2D eigenvalue weighted by Gasteiger charge is 1.97. The minimum absolute atomic E-state index is 0.228. The second-order valence-corrected chi connectivity index (χ2v) is 3.99. The van der Waals surface area contributed by atoms with Crippen molar-refractivity contribution in [3.8, 4) is 0 Å². The Labute approximate surface area is 80.6 Å². The van der Waals surface area contributed by atoms with Gasteiger partial charge in [-0.25, -0.2) is 4.21 Å². The van der Waals surface area contributed by atoms with Crippen LogP contribution in [0, 0.1) is 0 Å². The van der Waals surface area contributed by atoms with Gasteiger partial charge in [-0.2, -0.15) is 0 Å². The van der Waals surface area contributed by atoms with Crippen molar-refractivity contribution in [3.05, 3.63) is 0 Å². The molecular formula is C8H16O4S. The smallest absolute Gasteiger partial charge is 0.303 e. The van der Waals surface area contributed by atoms with Crippen LogP contribution in [0.4, 0.5) is 0 Å². The monoisotopic (exact) mass is 208 g/mol. The molecule has 1 atom stereocenters. The van der Waals surface area contributed by atoms with E-state index in [1.54, 1.807) is 0 Å². The van der Waals surface area contributed by atoms with Crippen molar-refractivity contribution in [2.45, 2.75) is 38.5 Å². The Morgan fingerprint density at radius 3 is 2.15 bits per heavy atom. The minimum atomic E-state index is -1.67. The van der Waals surface area contributed by atoms with Crippen LogP contribution in [0.3, 0.4) is 0 Å². The zero-order valence-corrected chi connectivity index (χ0v) is 8.39. The van der Waals surface area contributed by atoms with E-state index in [9.17, 15) is 9.00 Å². The third-order valence-electron chi connectivity index (χ3n) is 1.71. The molecule has 0 bridgehead atoms. The van der Waals surface area contributed by atoms with Gasteiger partial charge in [0.1, 0.15) is 0 Å². The quantitative estimate of drug-likeness (QED) is 0.469. The van der Waals surface area contributed by atoms with E-state index in [-0.39, 0.29) is 6.42 Å². The van der Waals surface area contributed by atoms with Crippen LogP contribution in [0.2, 0.25) is 0 Å². The highest BCUT2D eigenvalue weighted by Crippen LogP contribution is 2.05. The summed E-state index contributed by atoms with van der Waals surface area (Å²) in [4.78, 5) is 10.1. The maximum atomic E-state index is 10.2. The maximum absolute atomic E-state index is 10.2. The number of rotatable bonds is 8. The van der Waals surface area contributed by atoms with Crippen molar-refractivity contribution >= 4 is 17.0 Å². The predicted octanol–water partition coefficient (Wildman–Crippen LogP) is 1.63. The minimum Gasteiger partial charge on any atom is -0.481 e. The fourth-order valence-electron chi connectivity index (χ4n) is 1.03. The molecule has 5 heteroatoms. The Balaban J connectivity index is 3.00. The van der Waals surface area contributed by atoms with E-state index in [0.717, 1.165) is 25.7 Å². The molecule has 0 saturated carbocycles. The van der Waals surface area contributed by atoms with E-state index in [4.69, 9.17) is 9.66 Å². The summed E-state index contributed by atoms with van der Waals surface area (Å²) in [5, 5.41) is 8.32. The fraction of sp³-hybridized carbons (Fsp3) is 0.875. The number of aliphatic carboxylic acids is 1. The van der Waals surface area contributed by atoms with E-state index < -0.39 is 17.0 Å². The topological polar surface area (TPSA) is 74.6 Å². The van der Waals surface area contributed by atoms with Crippen molar-refractivity contribution in [3.63, 3.8) is 0 Å². The summed E-state index contributed by atoms with van der Waals surface area (Å²) in [6, 6.07) is 0. The SMILES string of the molecule is O=C(O)CCCCCCCS(=O)O. The molecule has 0 aromatic rings. The summed E-state index contributed by atoms with van der Waals surface area (Å²) >= 11 is -1.67. The first-order chi connectivity index (χ1) is 6.13. The highest BCUT2D eigenvalue weighted by molar-refractivity contribution is 7.79. The summed E-state index contributed by atoms with van der Waals surface area (Å²) in [5.41, 5.74) is 0. The molecule has 0 rings (SSSR count). The van der Waals surface area contributed by atoms with Gasteiger partial charge in [0, 0.05) is 12.2 Å². The number of hydrogen-bond donors (Lipinski definition) is 2. The molecule has 0 heterocycles. The number of carboxylic acid groups (broad SMARTS) is 1. The summed E-state index contributed by atoms with van der Waals surface area (Å²) in [6.45, 7) is 0. The molecule has 0 amide bonds. The summed E-state index contributed by atoms with van der Waals surface area (Å²) in [6.07, 6.45) is 4.43. The van der Waals surface area contributed by atoms with Gasteiger partial charge < -0.3 is 9.66 Å². The molecule has 0 aromatic heterocycles. The Morgan fingerprint density at radius 2 is 1.62 bits per heavy atom. The van der Waals surface area contributed by atoms with E-state index >= 15 is 0 Å². The number of carbonyl (C=O) groups is 1. The molecule has 4 nitrogen and oxygen atoms in total. The average molecular weight is 208 g/mol. The van der Waals surface area contributed by atoms with Gasteiger partial charge in [-0.05, 0) is 12.8 Å². The summed E-state index contributed by atoms with van der Waals surface area (Å²) in [5.74, 6) is -0.421. The van der Waals surface area contributed by atoms with Gasteiger partial charge in [-0.3, -0.25) is 4.79 Å². The molecule has 78 valence electrons. The zero-order chi connectivity index (χ0) is 10.1. The van der Waals surface area contributed by atoms with Crippen LogP contribution < -0.4 is 0 Å². The van der Waals surface area contributed by atoms with Crippen molar-refractivity contribution in [1.29, 1.82) is 0 Å². The molecule has 0 radical (unpaired) electrons. The molecular weight excluding hydrogens is 192 g/mol. The first-order valence-corrected chi connectivity index (χ1v) is 5.70. The lowest BCUT2D eigenvalue weighted by Crippen LogP contribution is -1.95. The van der Waals surface area contributed by atoms with Crippen LogP contribution in [-0.4, -0.2) is 25.6 Å². The van der Waals surface area contributed by atoms with Crippen LogP contribution in [0.15, 0.2) is 0 Å².